The minimum Gasteiger partial charge on any atom is -0.442 e. The van der Waals surface area contributed by atoms with Crippen molar-refractivity contribution in [2.75, 3.05) is 49.1 Å². The number of nitrogens with two attached hydrogens (primary N) is 1. The minimum absolute atomic E-state index is 0.0116. The molecule has 2 aromatic carbocycles. The van der Waals surface area contributed by atoms with Gasteiger partial charge in [0.05, 0.1) is 18.8 Å². The topological polar surface area (TPSA) is 108 Å². The summed E-state index contributed by atoms with van der Waals surface area (Å²) in [5.74, 6) is 1.86. The summed E-state index contributed by atoms with van der Waals surface area (Å²) in [5, 5.41) is 2.48. The summed E-state index contributed by atoms with van der Waals surface area (Å²) in [5.41, 5.74) is 6.38. The van der Waals surface area contributed by atoms with E-state index < -0.39 is 41.0 Å². The standard InChI is InChI=1S/C29H32F3N5O4/c1-19(38)34-17-22-18-37(29(40)41-22)24-15-23(30)28(27(32)26(24)31)36-12-10-35(11-13-36)25(39)9-4-2-3-6-20-7-5-8-21(14-20)16-33/h5,7-8,14-15,22H,2,4,9-13,16-18,33H2,1H3,(H,34,38)/t22-/m0/s1. The summed E-state index contributed by atoms with van der Waals surface area (Å²) in [6.45, 7) is 2.21. The Bertz CT molecular complexity index is 1370. The van der Waals surface area contributed by atoms with Crippen molar-refractivity contribution in [3.8, 4) is 11.8 Å². The second kappa shape index (κ2) is 13.4. The Morgan fingerprint density at radius 2 is 1.88 bits per heavy atom. The Balaban J connectivity index is 1.30. The fraction of sp³-hybridized carbons (Fsp3) is 0.414. The SMILES string of the molecule is CC(=O)NC[C@H]1CN(c2cc(F)c(N3CCN(C(=O)CCCC#Cc4cccc(CN)c4)CC3)c(F)c2F)C(=O)O1. The highest BCUT2D eigenvalue weighted by atomic mass is 19.2. The average molecular weight is 572 g/mol. The Hall–Kier alpha value is -4.24. The smallest absolute Gasteiger partial charge is 0.414 e. The lowest BCUT2D eigenvalue weighted by Crippen LogP contribution is -2.49. The van der Waals surface area contributed by atoms with Gasteiger partial charge in [0.25, 0.3) is 0 Å². The molecule has 2 fully saturated rings. The molecule has 0 spiro atoms. The molecule has 0 saturated carbocycles. The van der Waals surface area contributed by atoms with Crippen LogP contribution < -0.4 is 20.9 Å². The van der Waals surface area contributed by atoms with Gasteiger partial charge < -0.3 is 25.6 Å². The number of rotatable bonds is 8. The molecule has 2 heterocycles. The third kappa shape index (κ3) is 7.29. The molecule has 4 rings (SSSR count). The molecule has 2 aliphatic rings. The molecular weight excluding hydrogens is 539 g/mol. The molecule has 0 bridgehead atoms. The van der Waals surface area contributed by atoms with E-state index in [1.807, 2.05) is 24.3 Å². The van der Waals surface area contributed by atoms with E-state index >= 15 is 13.2 Å². The molecule has 0 aliphatic carbocycles. The van der Waals surface area contributed by atoms with Gasteiger partial charge in [0.2, 0.25) is 11.8 Å². The van der Waals surface area contributed by atoms with Gasteiger partial charge in [-0.3, -0.25) is 14.5 Å². The zero-order valence-corrected chi connectivity index (χ0v) is 22.7. The highest BCUT2D eigenvalue weighted by Gasteiger charge is 2.37. The monoisotopic (exact) mass is 571 g/mol. The number of piperazine rings is 1. The van der Waals surface area contributed by atoms with Gasteiger partial charge in [0.1, 0.15) is 11.8 Å². The quantitative estimate of drug-likeness (QED) is 0.287. The molecule has 3 N–H and O–H groups in total. The van der Waals surface area contributed by atoms with Crippen LogP contribution in [0, 0.1) is 29.3 Å². The van der Waals surface area contributed by atoms with Crippen molar-refractivity contribution in [3.63, 3.8) is 0 Å². The van der Waals surface area contributed by atoms with Gasteiger partial charge in [0, 0.05) is 64.1 Å². The number of carbonyl (C=O) groups is 3. The second-order valence-corrected chi connectivity index (χ2v) is 9.84. The van der Waals surface area contributed by atoms with E-state index in [0.717, 1.165) is 22.1 Å². The molecule has 2 aliphatic heterocycles. The fourth-order valence-corrected chi connectivity index (χ4v) is 4.75. The van der Waals surface area contributed by atoms with Crippen LogP contribution >= 0.6 is 0 Å². The number of amides is 3. The van der Waals surface area contributed by atoms with Crippen molar-refractivity contribution < 1.29 is 32.3 Å². The van der Waals surface area contributed by atoms with Crippen LogP contribution in [0.4, 0.5) is 29.3 Å². The molecule has 9 nitrogen and oxygen atoms in total. The first-order valence-electron chi connectivity index (χ1n) is 13.4. The zero-order chi connectivity index (χ0) is 29.5. The first-order chi connectivity index (χ1) is 19.7. The summed E-state index contributed by atoms with van der Waals surface area (Å²) in [6, 6.07) is 8.41. The van der Waals surface area contributed by atoms with Crippen molar-refractivity contribution in [1.82, 2.24) is 10.2 Å². The number of ether oxygens (including phenoxy) is 1. The number of cyclic esters (lactones) is 1. The number of unbranched alkanes of at least 4 members (excludes halogenated alkanes) is 1. The molecule has 1 atom stereocenters. The molecule has 218 valence electrons. The second-order valence-electron chi connectivity index (χ2n) is 9.84. The molecule has 0 radical (unpaired) electrons. The lowest BCUT2D eigenvalue weighted by Gasteiger charge is -2.36. The number of hydrogen-bond acceptors (Lipinski definition) is 6. The van der Waals surface area contributed by atoms with Gasteiger partial charge in [-0.25, -0.2) is 18.0 Å². The Kier molecular flexibility index (Phi) is 9.73. The number of nitrogens with zero attached hydrogens (tertiary/aromatic N) is 3. The highest BCUT2D eigenvalue weighted by Crippen LogP contribution is 2.34. The lowest BCUT2D eigenvalue weighted by atomic mass is 10.1. The number of nitrogens with one attached hydrogen (secondary N) is 1. The number of benzene rings is 2. The number of hydrogen-bond donors (Lipinski definition) is 2. The first kappa shape index (κ1) is 29.7. The van der Waals surface area contributed by atoms with E-state index in [9.17, 15) is 14.4 Å². The Morgan fingerprint density at radius 3 is 2.59 bits per heavy atom. The van der Waals surface area contributed by atoms with Crippen molar-refractivity contribution in [2.24, 2.45) is 5.73 Å². The average Bonchev–Trinajstić information content (AvgIpc) is 3.34. The highest BCUT2D eigenvalue weighted by molar-refractivity contribution is 5.90. The van der Waals surface area contributed by atoms with E-state index in [1.165, 1.54) is 11.8 Å². The normalized spacial score (nSPS) is 16.8. The maximum Gasteiger partial charge on any atom is 0.414 e. The predicted molar refractivity (Wildman–Crippen MR) is 146 cm³/mol. The van der Waals surface area contributed by atoms with E-state index in [1.54, 1.807) is 4.90 Å². The van der Waals surface area contributed by atoms with Gasteiger partial charge in [-0.2, -0.15) is 0 Å². The van der Waals surface area contributed by atoms with Crippen LogP contribution in [0.2, 0.25) is 0 Å². The van der Waals surface area contributed by atoms with Crippen molar-refractivity contribution in [2.45, 2.75) is 38.8 Å². The molecule has 41 heavy (non-hydrogen) atoms. The van der Waals surface area contributed by atoms with E-state index in [4.69, 9.17) is 10.5 Å². The van der Waals surface area contributed by atoms with Crippen LogP contribution in [0.3, 0.4) is 0 Å². The molecule has 2 saturated heterocycles. The summed E-state index contributed by atoms with van der Waals surface area (Å²) >= 11 is 0. The van der Waals surface area contributed by atoms with Gasteiger partial charge in [-0.15, -0.1) is 0 Å². The maximum absolute atomic E-state index is 15.1. The van der Waals surface area contributed by atoms with E-state index in [-0.39, 0.29) is 51.1 Å². The van der Waals surface area contributed by atoms with E-state index in [0.29, 0.717) is 25.8 Å². The number of carbonyl (C=O) groups excluding carboxylic acids is 3. The summed E-state index contributed by atoms with van der Waals surface area (Å²) in [7, 11) is 0. The van der Waals surface area contributed by atoms with E-state index in [2.05, 4.69) is 17.2 Å². The summed E-state index contributed by atoms with van der Waals surface area (Å²) in [4.78, 5) is 39.7. The van der Waals surface area contributed by atoms with Gasteiger partial charge >= 0.3 is 6.09 Å². The van der Waals surface area contributed by atoms with Crippen molar-refractivity contribution in [1.29, 1.82) is 0 Å². The molecule has 12 heteroatoms. The predicted octanol–water partition coefficient (Wildman–Crippen LogP) is 2.89. The lowest BCUT2D eigenvalue weighted by molar-refractivity contribution is -0.131. The number of halogens is 3. The molecule has 0 unspecified atom stereocenters. The van der Waals surface area contributed by atoms with Crippen molar-refractivity contribution in [3.05, 3.63) is 58.9 Å². The van der Waals surface area contributed by atoms with Crippen LogP contribution in [0.5, 0.6) is 0 Å². The van der Waals surface area contributed by atoms with Crippen LogP contribution in [-0.2, 0) is 20.9 Å². The number of anilines is 2. The zero-order valence-electron chi connectivity index (χ0n) is 22.7. The molecule has 2 aromatic rings. The van der Waals surface area contributed by atoms with Gasteiger partial charge in [-0.05, 0) is 24.1 Å². The van der Waals surface area contributed by atoms with Crippen molar-refractivity contribution >= 4 is 29.3 Å². The van der Waals surface area contributed by atoms with Crippen LogP contribution in [-0.4, -0.2) is 68.2 Å². The Labute approximate surface area is 236 Å². The van der Waals surface area contributed by atoms with Gasteiger partial charge in [0.15, 0.2) is 17.5 Å². The van der Waals surface area contributed by atoms with Crippen LogP contribution in [0.15, 0.2) is 30.3 Å². The summed E-state index contributed by atoms with van der Waals surface area (Å²) < 4.78 is 50.3. The van der Waals surface area contributed by atoms with Gasteiger partial charge in [-0.1, -0.05) is 24.0 Å². The van der Waals surface area contributed by atoms with Crippen LogP contribution in [0.1, 0.15) is 37.3 Å². The third-order valence-electron chi connectivity index (χ3n) is 6.90. The van der Waals surface area contributed by atoms with Crippen LogP contribution in [0.25, 0.3) is 0 Å². The molecule has 3 amide bonds. The molecule has 0 aromatic heterocycles. The fourth-order valence-electron chi connectivity index (χ4n) is 4.75. The summed E-state index contributed by atoms with van der Waals surface area (Å²) in [6.07, 6.45) is -0.354. The maximum atomic E-state index is 15.1. The largest absolute Gasteiger partial charge is 0.442 e. The Morgan fingerprint density at radius 1 is 1.12 bits per heavy atom. The third-order valence-corrected chi connectivity index (χ3v) is 6.90. The molecular formula is C29H32F3N5O4. The first-order valence-corrected chi connectivity index (χ1v) is 13.4. The minimum atomic E-state index is -1.42.